The lowest BCUT2D eigenvalue weighted by atomic mass is 9.97. The fourth-order valence-corrected chi connectivity index (χ4v) is 5.68. The van der Waals surface area contributed by atoms with E-state index in [2.05, 4.69) is 35.6 Å². The van der Waals surface area contributed by atoms with Crippen LogP contribution in [0, 0.1) is 11.7 Å². The average molecular weight is 706 g/mol. The number of carbonyl (C=O) groups is 2. The van der Waals surface area contributed by atoms with Crippen LogP contribution in [0.15, 0.2) is 60.0 Å². The minimum absolute atomic E-state index is 0.00730. The molecule has 0 aliphatic carbocycles. The first kappa shape index (κ1) is 32.8. The van der Waals surface area contributed by atoms with Crippen LogP contribution in [0.4, 0.5) is 23.4 Å². The highest BCUT2D eigenvalue weighted by molar-refractivity contribution is 6.31. The molecule has 248 valence electrons. The number of nitrogens with zero attached hydrogens (tertiary/aromatic N) is 8. The number of alkyl halides is 2. The zero-order valence-corrected chi connectivity index (χ0v) is 26.0. The fourth-order valence-electron chi connectivity index (χ4n) is 5.39. The van der Waals surface area contributed by atoms with Gasteiger partial charge in [0, 0.05) is 28.3 Å². The molecule has 1 N–H and O–H groups in total. The van der Waals surface area contributed by atoms with Crippen LogP contribution in [0.2, 0.25) is 10.2 Å². The zero-order valence-electron chi connectivity index (χ0n) is 24.5. The summed E-state index contributed by atoms with van der Waals surface area (Å²) in [5.74, 6) is -4.57. The Morgan fingerprint density at radius 3 is 2.62 bits per heavy atom. The third kappa shape index (κ3) is 5.90. The van der Waals surface area contributed by atoms with E-state index in [1.807, 2.05) is 0 Å². The van der Waals surface area contributed by atoms with Crippen molar-refractivity contribution in [2.75, 3.05) is 5.32 Å². The van der Waals surface area contributed by atoms with Crippen LogP contribution in [-0.2, 0) is 20.6 Å². The molecule has 0 spiro atoms. The quantitative estimate of drug-likeness (QED) is 0.233. The van der Waals surface area contributed by atoms with Crippen molar-refractivity contribution >= 4 is 40.8 Å². The summed E-state index contributed by atoms with van der Waals surface area (Å²) in [5, 5.41) is 13.4. The Kier molecular flexibility index (Phi) is 8.74. The first-order valence-corrected chi connectivity index (χ1v) is 14.9. The number of hydrogen-bond acceptors (Lipinski definition) is 9. The Balaban J connectivity index is 1.48. The Morgan fingerprint density at radius 1 is 1.12 bits per heavy atom. The third-order valence-electron chi connectivity index (χ3n) is 7.78. The van der Waals surface area contributed by atoms with Crippen molar-refractivity contribution in [3.05, 3.63) is 87.3 Å². The molecule has 19 heteroatoms. The number of carbonyl (C=O) groups excluding carboxylic acids is 2. The van der Waals surface area contributed by atoms with Crippen LogP contribution in [0.3, 0.4) is 0 Å². The van der Waals surface area contributed by atoms with Crippen molar-refractivity contribution in [3.63, 3.8) is 0 Å². The summed E-state index contributed by atoms with van der Waals surface area (Å²) >= 11 is 12.0. The molecule has 0 fully saturated rings. The van der Waals surface area contributed by atoms with Crippen LogP contribution in [0.1, 0.15) is 37.9 Å². The SMILES string of the molecule is C[C@@H]1CCC[C@H](n2cnc(-c3c(-n4cc(Cl)nn4)ccc(Cl)c3F)cc2=O)c2cc(ccn2)-c2c(cnn2C(F)(F)C(=O)OF)NC1=O. The Hall–Kier alpha value is -5.16. The average Bonchev–Trinajstić information content (AvgIpc) is 3.70. The number of halogens is 6. The molecule has 0 saturated carbocycles. The molecule has 5 aromatic rings. The van der Waals surface area contributed by atoms with E-state index in [9.17, 15) is 27.7 Å². The minimum Gasteiger partial charge on any atom is -0.323 e. The number of fused-ring (bicyclic) bond motifs is 4. The van der Waals surface area contributed by atoms with Crippen LogP contribution in [-0.4, -0.2) is 51.2 Å². The molecular weight excluding hydrogens is 685 g/mol. The maximum Gasteiger partial charge on any atom is 0.446 e. The second-order valence-corrected chi connectivity index (χ2v) is 11.6. The van der Waals surface area contributed by atoms with Gasteiger partial charge in [-0.1, -0.05) is 41.8 Å². The molecule has 0 unspecified atom stereocenters. The Labute approximate surface area is 277 Å². The van der Waals surface area contributed by atoms with Gasteiger partial charge in [-0.3, -0.25) is 19.1 Å². The number of aromatic nitrogens is 8. The molecular formula is C29H21Cl2F4N9O4. The molecule has 0 radical (unpaired) electrons. The molecule has 1 aliphatic heterocycles. The van der Waals surface area contributed by atoms with Gasteiger partial charge < -0.3 is 5.32 Å². The minimum atomic E-state index is -4.61. The second-order valence-electron chi connectivity index (χ2n) is 10.8. The standard InChI is InChI=1S/C29H21Cl2F4N9O4/c1-14-3-2-4-20(17-9-15(7-8-36-17)26-19(39-27(14)46)11-38-44(26)29(33,34)28(47)48-35)42-13-37-18(10-23(42)45)24-21(6-5-16(30)25(24)32)43-12-22(31)40-41-43/h5-14,20H,2-4H2,1H3,(H,39,46)/t14-,20+/m1/s1. The van der Waals surface area contributed by atoms with E-state index < -0.39 is 47.0 Å². The van der Waals surface area contributed by atoms with E-state index in [0.29, 0.717) is 12.8 Å². The summed E-state index contributed by atoms with van der Waals surface area (Å²) in [6.07, 6.45) is 5.63. The summed E-state index contributed by atoms with van der Waals surface area (Å²) in [6, 6.07) is 1.03. The van der Waals surface area contributed by atoms with Gasteiger partial charge in [-0.05, 0) is 37.1 Å². The van der Waals surface area contributed by atoms with Crippen molar-refractivity contribution in [2.45, 2.75) is 38.3 Å². The topological polar surface area (TPSA) is 152 Å². The van der Waals surface area contributed by atoms with Gasteiger partial charge in [-0.2, -0.15) is 18.6 Å². The molecule has 5 heterocycles. The molecule has 1 amide bonds. The van der Waals surface area contributed by atoms with Crippen molar-refractivity contribution in [3.8, 4) is 28.2 Å². The maximum atomic E-state index is 15.4. The molecule has 1 aliphatic rings. The lowest BCUT2D eigenvalue weighted by Gasteiger charge is -2.23. The molecule has 2 bridgehead atoms. The van der Waals surface area contributed by atoms with Gasteiger partial charge in [0.2, 0.25) is 5.91 Å². The summed E-state index contributed by atoms with van der Waals surface area (Å²) in [5.41, 5.74) is -1.17. The number of amides is 1. The van der Waals surface area contributed by atoms with Gasteiger partial charge in [-0.15, -0.1) is 5.10 Å². The predicted octanol–water partition coefficient (Wildman–Crippen LogP) is 5.52. The predicted molar refractivity (Wildman–Crippen MR) is 161 cm³/mol. The molecule has 6 rings (SSSR count). The monoisotopic (exact) mass is 705 g/mol. The number of nitrogens with one attached hydrogen (secondary N) is 1. The highest BCUT2D eigenvalue weighted by Gasteiger charge is 2.47. The fraction of sp³-hybridized carbons (Fsp3) is 0.241. The first-order chi connectivity index (χ1) is 22.9. The number of pyridine rings is 1. The van der Waals surface area contributed by atoms with E-state index in [4.69, 9.17) is 23.2 Å². The van der Waals surface area contributed by atoms with Crippen LogP contribution in [0.25, 0.3) is 28.2 Å². The summed E-state index contributed by atoms with van der Waals surface area (Å²) in [4.78, 5) is 49.9. The molecule has 2 atom stereocenters. The summed E-state index contributed by atoms with van der Waals surface area (Å²) < 4.78 is 60.4. The van der Waals surface area contributed by atoms with E-state index >= 15 is 4.39 Å². The molecule has 48 heavy (non-hydrogen) atoms. The van der Waals surface area contributed by atoms with E-state index in [0.717, 1.165) is 12.3 Å². The van der Waals surface area contributed by atoms with Crippen molar-refractivity contribution in [1.82, 2.24) is 39.3 Å². The van der Waals surface area contributed by atoms with Crippen LogP contribution >= 0.6 is 23.2 Å². The Morgan fingerprint density at radius 2 is 1.92 bits per heavy atom. The van der Waals surface area contributed by atoms with Gasteiger partial charge >= 0.3 is 12.0 Å². The largest absolute Gasteiger partial charge is 0.446 e. The zero-order chi connectivity index (χ0) is 34.3. The second kappa shape index (κ2) is 12.8. The Bertz CT molecular complexity index is 2120. The van der Waals surface area contributed by atoms with Gasteiger partial charge in [0.25, 0.3) is 5.56 Å². The van der Waals surface area contributed by atoms with E-state index in [1.165, 1.54) is 52.2 Å². The molecule has 4 aromatic heterocycles. The summed E-state index contributed by atoms with van der Waals surface area (Å²) in [6.45, 7) is 1.62. The molecule has 13 nitrogen and oxygen atoms in total. The first-order valence-electron chi connectivity index (χ1n) is 14.1. The maximum absolute atomic E-state index is 15.4. The summed E-state index contributed by atoms with van der Waals surface area (Å²) in [7, 11) is 0. The van der Waals surface area contributed by atoms with Gasteiger partial charge in [-0.25, -0.2) is 23.8 Å². The highest BCUT2D eigenvalue weighted by atomic mass is 35.5. The number of anilines is 1. The van der Waals surface area contributed by atoms with Crippen LogP contribution in [0.5, 0.6) is 0 Å². The van der Waals surface area contributed by atoms with Crippen molar-refractivity contribution < 1.29 is 32.2 Å². The molecule has 0 saturated heterocycles. The van der Waals surface area contributed by atoms with E-state index in [-0.39, 0.29) is 55.2 Å². The number of benzene rings is 1. The lowest BCUT2D eigenvalue weighted by molar-refractivity contribution is -0.227. The number of hydrogen-bond donors (Lipinski definition) is 1. The smallest absolute Gasteiger partial charge is 0.323 e. The van der Waals surface area contributed by atoms with Crippen LogP contribution < -0.4 is 10.9 Å². The third-order valence-corrected chi connectivity index (χ3v) is 8.24. The molecule has 1 aromatic carbocycles. The van der Waals surface area contributed by atoms with Gasteiger partial charge in [0.15, 0.2) is 11.0 Å². The van der Waals surface area contributed by atoms with Crippen molar-refractivity contribution in [2.24, 2.45) is 5.92 Å². The normalized spacial score (nSPS) is 16.8. The highest BCUT2D eigenvalue weighted by Crippen LogP contribution is 2.38. The van der Waals surface area contributed by atoms with Gasteiger partial charge in [0.1, 0.15) is 0 Å². The van der Waals surface area contributed by atoms with Gasteiger partial charge in [0.05, 0.1) is 63.8 Å². The van der Waals surface area contributed by atoms with E-state index in [1.54, 1.807) is 6.92 Å². The lowest BCUT2D eigenvalue weighted by Crippen LogP contribution is -2.35. The van der Waals surface area contributed by atoms with Crippen molar-refractivity contribution in [1.29, 1.82) is 0 Å². The number of rotatable bonds is 5.